The second-order valence-electron chi connectivity index (χ2n) is 6.08. The fourth-order valence-corrected chi connectivity index (χ4v) is 3.29. The van der Waals surface area contributed by atoms with Crippen molar-refractivity contribution in [2.75, 3.05) is 5.32 Å². The van der Waals surface area contributed by atoms with Crippen LogP contribution in [-0.4, -0.2) is 9.97 Å². The van der Waals surface area contributed by atoms with Crippen molar-refractivity contribution in [1.29, 1.82) is 0 Å². The van der Waals surface area contributed by atoms with E-state index in [-0.39, 0.29) is 11.9 Å². The molecule has 4 rings (SSSR count). The Hall–Kier alpha value is -3.14. The molecule has 0 saturated heterocycles. The smallest absolute Gasteiger partial charge is 0.125 e. The molecule has 3 nitrogen and oxygen atoms in total. The van der Waals surface area contributed by atoms with E-state index in [1.54, 1.807) is 18.5 Å². The van der Waals surface area contributed by atoms with Gasteiger partial charge in [0.2, 0.25) is 0 Å². The molecule has 2 heterocycles. The summed E-state index contributed by atoms with van der Waals surface area (Å²) in [6.07, 6.45) is 3.56. The number of nitrogens with one attached hydrogen (secondary N) is 2. The van der Waals surface area contributed by atoms with Crippen LogP contribution in [0.25, 0.3) is 10.9 Å². The van der Waals surface area contributed by atoms with Gasteiger partial charge in [0, 0.05) is 40.2 Å². The zero-order chi connectivity index (χ0) is 17.2. The van der Waals surface area contributed by atoms with Crippen molar-refractivity contribution in [2.45, 2.75) is 13.0 Å². The third kappa shape index (κ3) is 2.98. The average Bonchev–Trinajstić information content (AvgIpc) is 2.96. The molecule has 0 unspecified atom stereocenters. The minimum atomic E-state index is -0.255. The number of aromatic nitrogens is 2. The average molecular weight is 331 g/mol. The number of aromatic amines is 1. The molecule has 1 atom stereocenters. The predicted octanol–water partition coefficient (Wildman–Crippen LogP) is 5.21. The summed E-state index contributed by atoms with van der Waals surface area (Å²) in [5.74, 6) is -0.255. The quantitative estimate of drug-likeness (QED) is 0.539. The molecule has 0 aliphatic heterocycles. The van der Waals surface area contributed by atoms with Crippen LogP contribution < -0.4 is 5.32 Å². The van der Waals surface area contributed by atoms with Gasteiger partial charge in [0.05, 0.1) is 6.04 Å². The molecule has 0 fully saturated rings. The largest absolute Gasteiger partial charge is 0.374 e. The molecule has 2 aromatic carbocycles. The minimum absolute atomic E-state index is 0.110. The van der Waals surface area contributed by atoms with Gasteiger partial charge in [0.1, 0.15) is 5.82 Å². The topological polar surface area (TPSA) is 40.7 Å². The summed E-state index contributed by atoms with van der Waals surface area (Å²) in [7, 11) is 0. The molecule has 2 aromatic heterocycles. The summed E-state index contributed by atoms with van der Waals surface area (Å²) in [5, 5.41) is 4.64. The number of anilines is 1. The number of fused-ring (bicyclic) bond motifs is 1. The Morgan fingerprint density at radius 2 is 1.80 bits per heavy atom. The number of pyridine rings is 1. The van der Waals surface area contributed by atoms with Crippen molar-refractivity contribution < 1.29 is 4.39 Å². The highest BCUT2D eigenvalue weighted by Crippen LogP contribution is 2.34. The lowest BCUT2D eigenvalue weighted by Crippen LogP contribution is -2.13. The first-order valence-electron chi connectivity index (χ1n) is 8.21. The van der Waals surface area contributed by atoms with E-state index in [1.807, 2.05) is 30.3 Å². The monoisotopic (exact) mass is 331 g/mol. The molecule has 4 heteroatoms. The van der Waals surface area contributed by atoms with Gasteiger partial charge in [-0.3, -0.25) is 4.98 Å². The van der Waals surface area contributed by atoms with E-state index in [9.17, 15) is 4.39 Å². The summed E-state index contributed by atoms with van der Waals surface area (Å²) in [6, 6.07) is 18.6. The Balaban J connectivity index is 1.87. The predicted molar refractivity (Wildman–Crippen MR) is 99.1 cm³/mol. The third-order valence-electron chi connectivity index (χ3n) is 4.41. The second kappa shape index (κ2) is 6.40. The molecule has 25 heavy (non-hydrogen) atoms. The zero-order valence-electron chi connectivity index (χ0n) is 13.8. The number of H-pyrrole nitrogens is 1. The Morgan fingerprint density at radius 3 is 2.60 bits per heavy atom. The van der Waals surface area contributed by atoms with Gasteiger partial charge in [0.25, 0.3) is 0 Å². The summed E-state index contributed by atoms with van der Waals surface area (Å²) in [5.41, 5.74) is 5.16. The molecule has 4 aromatic rings. The molecule has 0 bridgehead atoms. The number of hydrogen-bond acceptors (Lipinski definition) is 2. The maximum Gasteiger partial charge on any atom is 0.125 e. The number of nitrogens with zero attached hydrogens (tertiary/aromatic N) is 1. The first-order valence-corrected chi connectivity index (χ1v) is 8.21. The lowest BCUT2D eigenvalue weighted by molar-refractivity contribution is 0.628. The summed E-state index contributed by atoms with van der Waals surface area (Å²) in [4.78, 5) is 7.56. The van der Waals surface area contributed by atoms with Crippen LogP contribution in [0.4, 0.5) is 10.1 Å². The summed E-state index contributed by atoms with van der Waals surface area (Å²) in [6.45, 7) is 2.07. The first kappa shape index (κ1) is 15.4. The molecule has 0 amide bonds. The number of halogens is 1. The maximum absolute atomic E-state index is 13.6. The molecule has 0 aliphatic carbocycles. The van der Waals surface area contributed by atoms with Crippen LogP contribution in [0.3, 0.4) is 0 Å². The number of benzene rings is 2. The van der Waals surface area contributed by atoms with E-state index in [4.69, 9.17) is 0 Å². The van der Waals surface area contributed by atoms with Gasteiger partial charge in [-0.25, -0.2) is 4.39 Å². The van der Waals surface area contributed by atoms with Crippen LogP contribution in [0.5, 0.6) is 0 Å². The van der Waals surface area contributed by atoms with Gasteiger partial charge in [-0.05, 0) is 48.9 Å². The lowest BCUT2D eigenvalue weighted by Gasteiger charge is -2.21. The number of aryl methyl sites for hydroxylation is 1. The van der Waals surface area contributed by atoms with Gasteiger partial charge in [-0.1, -0.05) is 24.3 Å². The van der Waals surface area contributed by atoms with E-state index in [1.165, 1.54) is 12.1 Å². The molecule has 0 spiro atoms. The molecule has 124 valence electrons. The van der Waals surface area contributed by atoms with E-state index < -0.39 is 0 Å². The fourth-order valence-electron chi connectivity index (χ4n) is 3.29. The molecule has 0 saturated carbocycles. The summed E-state index contributed by atoms with van der Waals surface area (Å²) < 4.78 is 13.6. The van der Waals surface area contributed by atoms with Gasteiger partial charge >= 0.3 is 0 Å². The highest BCUT2D eigenvalue weighted by Gasteiger charge is 2.21. The van der Waals surface area contributed by atoms with Crippen molar-refractivity contribution in [3.8, 4) is 0 Å². The van der Waals surface area contributed by atoms with Gasteiger partial charge in [0.15, 0.2) is 0 Å². The highest BCUT2D eigenvalue weighted by atomic mass is 19.1. The Morgan fingerprint density at radius 1 is 1.00 bits per heavy atom. The first-order chi connectivity index (χ1) is 12.2. The van der Waals surface area contributed by atoms with Crippen LogP contribution in [0.2, 0.25) is 0 Å². The van der Waals surface area contributed by atoms with Crippen LogP contribution in [0.15, 0.2) is 73.1 Å². The molecular formula is C21H18FN3. The van der Waals surface area contributed by atoms with Crippen molar-refractivity contribution in [3.05, 3.63) is 95.7 Å². The van der Waals surface area contributed by atoms with E-state index in [0.717, 1.165) is 33.4 Å². The van der Waals surface area contributed by atoms with E-state index in [0.29, 0.717) is 0 Å². The van der Waals surface area contributed by atoms with Crippen molar-refractivity contribution in [2.24, 2.45) is 0 Å². The van der Waals surface area contributed by atoms with Gasteiger partial charge < -0.3 is 10.3 Å². The van der Waals surface area contributed by atoms with Crippen molar-refractivity contribution in [3.63, 3.8) is 0 Å². The SMILES string of the molecule is Cc1[nH]c2ccccc2c1[C@@H](Nc1cccc(F)c1)c1ccncc1. The third-order valence-corrected chi connectivity index (χ3v) is 4.41. The van der Waals surface area contributed by atoms with E-state index >= 15 is 0 Å². The van der Waals surface area contributed by atoms with Gasteiger partial charge in [-0.2, -0.15) is 0 Å². The number of para-hydroxylation sites is 1. The molecular weight excluding hydrogens is 313 g/mol. The second-order valence-corrected chi connectivity index (χ2v) is 6.08. The lowest BCUT2D eigenvalue weighted by atomic mass is 9.96. The highest BCUT2D eigenvalue weighted by molar-refractivity contribution is 5.86. The normalized spacial score (nSPS) is 12.2. The van der Waals surface area contributed by atoms with Crippen LogP contribution in [0.1, 0.15) is 22.9 Å². The zero-order valence-corrected chi connectivity index (χ0v) is 13.8. The van der Waals surface area contributed by atoms with Gasteiger partial charge in [-0.15, -0.1) is 0 Å². The molecule has 0 radical (unpaired) electrons. The van der Waals surface area contributed by atoms with E-state index in [2.05, 4.69) is 34.3 Å². The number of hydrogen-bond donors (Lipinski definition) is 2. The molecule has 0 aliphatic rings. The Kier molecular flexibility index (Phi) is 3.94. The Labute approximate surface area is 145 Å². The van der Waals surface area contributed by atoms with Crippen molar-refractivity contribution in [1.82, 2.24) is 9.97 Å². The Bertz CT molecular complexity index is 1010. The minimum Gasteiger partial charge on any atom is -0.374 e. The standard InChI is InChI=1S/C21H18FN3/c1-14-20(18-7-2-3-8-19(18)24-14)21(15-9-11-23-12-10-15)25-17-6-4-5-16(22)13-17/h2-13,21,24-25H,1H3/t21-/m0/s1. The van der Waals surface area contributed by atoms with Crippen LogP contribution >= 0.6 is 0 Å². The van der Waals surface area contributed by atoms with Crippen LogP contribution in [0, 0.1) is 12.7 Å². The fraction of sp³-hybridized carbons (Fsp3) is 0.0952. The van der Waals surface area contributed by atoms with Crippen LogP contribution in [-0.2, 0) is 0 Å². The maximum atomic E-state index is 13.6. The van der Waals surface area contributed by atoms with Crippen molar-refractivity contribution >= 4 is 16.6 Å². The molecule has 2 N–H and O–H groups in total. The number of rotatable bonds is 4. The summed E-state index contributed by atoms with van der Waals surface area (Å²) >= 11 is 0.